The molecule has 0 spiro atoms. The van der Waals surface area contributed by atoms with Gasteiger partial charge in [-0.15, -0.1) is 0 Å². The van der Waals surface area contributed by atoms with E-state index in [-0.39, 0.29) is 10.7 Å². The smallest absolute Gasteiger partial charge is 0.302 e. The van der Waals surface area contributed by atoms with E-state index in [0.29, 0.717) is 6.07 Å². The summed E-state index contributed by atoms with van der Waals surface area (Å²) in [5.41, 5.74) is -1.12. The van der Waals surface area contributed by atoms with E-state index in [2.05, 4.69) is 15.1 Å². The van der Waals surface area contributed by atoms with Gasteiger partial charge in [0.25, 0.3) is 0 Å². The quantitative estimate of drug-likeness (QED) is 0.836. The van der Waals surface area contributed by atoms with Crippen molar-refractivity contribution in [2.45, 2.75) is 11.1 Å². The van der Waals surface area contributed by atoms with E-state index in [0.717, 1.165) is 23.4 Å². The Kier molecular flexibility index (Phi) is 3.13. The van der Waals surface area contributed by atoms with Crippen LogP contribution in [0.15, 0.2) is 29.7 Å². The molecular formula is C8H5F3N4O2S. The molecule has 0 saturated carbocycles. The molecule has 0 fully saturated rings. The van der Waals surface area contributed by atoms with Crippen molar-refractivity contribution < 1.29 is 21.9 Å². The van der Waals surface area contributed by atoms with Crippen LogP contribution in [0, 0.1) is 0 Å². The van der Waals surface area contributed by atoms with Crippen molar-refractivity contribution in [2.24, 2.45) is 0 Å². The van der Waals surface area contributed by atoms with E-state index in [9.17, 15) is 17.4 Å². The largest absolute Gasteiger partial charge is 0.433 e. The zero-order valence-electron chi connectivity index (χ0n) is 8.50. The Balaban J connectivity index is 2.41. The average molecular weight is 278 g/mol. The van der Waals surface area contributed by atoms with E-state index in [1.54, 1.807) is 0 Å². The fraction of sp³-hybridized carbons (Fsp3) is 0.125. The van der Waals surface area contributed by atoms with Crippen molar-refractivity contribution in [1.82, 2.24) is 19.7 Å². The van der Waals surface area contributed by atoms with E-state index in [4.69, 9.17) is 4.55 Å². The second-order valence-corrected chi connectivity index (χ2v) is 4.10. The molecule has 2 heterocycles. The van der Waals surface area contributed by atoms with Gasteiger partial charge in [-0.05, 0) is 0 Å². The summed E-state index contributed by atoms with van der Waals surface area (Å²) in [5, 5.41) is 3.64. The van der Waals surface area contributed by atoms with Crippen LogP contribution in [0.1, 0.15) is 5.69 Å². The fourth-order valence-electron chi connectivity index (χ4n) is 1.15. The van der Waals surface area contributed by atoms with Gasteiger partial charge in [-0.1, -0.05) is 0 Å². The second-order valence-electron chi connectivity index (χ2n) is 3.13. The Morgan fingerprint density at radius 1 is 1.33 bits per heavy atom. The van der Waals surface area contributed by atoms with Crippen LogP contribution in [0.5, 0.6) is 0 Å². The van der Waals surface area contributed by atoms with Crippen LogP contribution in [-0.4, -0.2) is 28.5 Å². The summed E-state index contributed by atoms with van der Waals surface area (Å²) in [4.78, 5) is 6.66. The van der Waals surface area contributed by atoms with Crippen molar-refractivity contribution in [3.63, 3.8) is 0 Å². The average Bonchev–Trinajstić information content (AvgIpc) is 2.77. The molecule has 96 valence electrons. The minimum atomic E-state index is -4.59. The van der Waals surface area contributed by atoms with Crippen LogP contribution in [0.25, 0.3) is 5.82 Å². The summed E-state index contributed by atoms with van der Waals surface area (Å²) in [6.45, 7) is 0. The third kappa shape index (κ3) is 2.54. The van der Waals surface area contributed by atoms with Gasteiger partial charge in [0.05, 0.1) is 12.4 Å². The topological polar surface area (TPSA) is 80.9 Å². The maximum atomic E-state index is 12.4. The zero-order chi connectivity index (χ0) is 13.3. The number of rotatable bonds is 2. The standard InChI is InChI=1S/C8H5F3N4O2S/c9-8(10,11)6-1-7(13-4-12-6)15-3-5(2-14-15)18(16)17/h1-4H,(H,16,17). The first-order valence-electron chi connectivity index (χ1n) is 4.43. The van der Waals surface area contributed by atoms with Crippen LogP contribution < -0.4 is 0 Å². The third-order valence-corrected chi connectivity index (χ3v) is 2.55. The van der Waals surface area contributed by atoms with E-state index in [1.807, 2.05) is 0 Å². The molecule has 0 bridgehead atoms. The minimum Gasteiger partial charge on any atom is -0.302 e. The van der Waals surface area contributed by atoms with Crippen LogP contribution in [0.2, 0.25) is 0 Å². The third-order valence-electron chi connectivity index (χ3n) is 1.94. The molecule has 1 atom stereocenters. The highest BCUT2D eigenvalue weighted by Gasteiger charge is 2.33. The van der Waals surface area contributed by atoms with E-state index >= 15 is 0 Å². The molecule has 0 aromatic carbocycles. The number of hydrogen-bond acceptors (Lipinski definition) is 4. The number of hydrogen-bond donors (Lipinski definition) is 1. The summed E-state index contributed by atoms with van der Waals surface area (Å²) in [5.74, 6) is -0.144. The Hall–Kier alpha value is -1.81. The lowest BCUT2D eigenvalue weighted by Gasteiger charge is -2.06. The minimum absolute atomic E-state index is 0.0397. The van der Waals surface area contributed by atoms with E-state index < -0.39 is 23.0 Å². The van der Waals surface area contributed by atoms with Crippen LogP contribution in [0.3, 0.4) is 0 Å². The number of halogens is 3. The number of aromatic nitrogens is 4. The maximum Gasteiger partial charge on any atom is 0.433 e. The molecule has 0 aliphatic carbocycles. The Bertz CT molecular complexity index is 598. The van der Waals surface area contributed by atoms with Crippen LogP contribution in [-0.2, 0) is 17.3 Å². The summed E-state index contributed by atoms with van der Waals surface area (Å²) >= 11 is -2.25. The Labute approximate surface area is 101 Å². The first kappa shape index (κ1) is 12.6. The van der Waals surface area contributed by atoms with Gasteiger partial charge in [0, 0.05) is 6.07 Å². The van der Waals surface area contributed by atoms with Gasteiger partial charge in [-0.3, -0.25) is 0 Å². The molecule has 0 aliphatic heterocycles. The Morgan fingerprint density at radius 3 is 2.61 bits per heavy atom. The highest BCUT2D eigenvalue weighted by Crippen LogP contribution is 2.27. The van der Waals surface area contributed by atoms with Crippen molar-refractivity contribution in [3.8, 4) is 5.82 Å². The molecule has 0 saturated heterocycles. The van der Waals surface area contributed by atoms with Gasteiger partial charge in [-0.25, -0.2) is 18.9 Å². The normalized spacial score (nSPS) is 13.6. The molecule has 6 nitrogen and oxygen atoms in total. The predicted octanol–water partition coefficient (Wildman–Crippen LogP) is 1.26. The summed E-state index contributed by atoms with van der Waals surface area (Å²) in [7, 11) is 0. The lowest BCUT2D eigenvalue weighted by atomic mass is 10.4. The predicted molar refractivity (Wildman–Crippen MR) is 53.2 cm³/mol. The molecular weight excluding hydrogens is 273 g/mol. The first-order valence-corrected chi connectivity index (χ1v) is 5.54. The van der Waals surface area contributed by atoms with Crippen molar-refractivity contribution >= 4 is 11.1 Å². The molecule has 2 aromatic rings. The summed E-state index contributed by atoms with van der Waals surface area (Å²) < 4.78 is 57.7. The molecule has 0 aliphatic rings. The van der Waals surface area contributed by atoms with Gasteiger partial charge < -0.3 is 4.55 Å². The van der Waals surface area contributed by atoms with Crippen LogP contribution >= 0.6 is 0 Å². The molecule has 18 heavy (non-hydrogen) atoms. The van der Waals surface area contributed by atoms with Gasteiger partial charge in [0.15, 0.2) is 16.9 Å². The summed E-state index contributed by atoms with van der Waals surface area (Å²) in [6, 6.07) is 0.692. The van der Waals surface area contributed by atoms with Crippen molar-refractivity contribution in [1.29, 1.82) is 0 Å². The molecule has 0 radical (unpaired) electrons. The zero-order valence-corrected chi connectivity index (χ0v) is 9.31. The first-order chi connectivity index (χ1) is 8.38. The van der Waals surface area contributed by atoms with Gasteiger partial charge in [-0.2, -0.15) is 18.3 Å². The molecule has 10 heteroatoms. The monoisotopic (exact) mass is 278 g/mol. The lowest BCUT2D eigenvalue weighted by molar-refractivity contribution is -0.141. The van der Waals surface area contributed by atoms with Gasteiger partial charge >= 0.3 is 6.18 Å². The lowest BCUT2D eigenvalue weighted by Crippen LogP contribution is -2.10. The van der Waals surface area contributed by atoms with Gasteiger partial charge in [0.2, 0.25) is 0 Å². The molecule has 0 amide bonds. The molecule has 2 rings (SSSR count). The second kappa shape index (κ2) is 4.46. The number of nitrogens with zero attached hydrogens (tertiary/aromatic N) is 4. The van der Waals surface area contributed by atoms with Crippen molar-refractivity contribution in [3.05, 3.63) is 30.5 Å². The molecule has 2 aromatic heterocycles. The highest BCUT2D eigenvalue weighted by atomic mass is 32.2. The van der Waals surface area contributed by atoms with E-state index in [1.165, 1.54) is 0 Å². The molecule has 1 N–H and O–H groups in total. The fourth-order valence-corrected chi connectivity index (χ4v) is 1.48. The van der Waals surface area contributed by atoms with Gasteiger partial charge in [0.1, 0.15) is 16.9 Å². The van der Waals surface area contributed by atoms with Crippen molar-refractivity contribution in [2.75, 3.05) is 0 Å². The Morgan fingerprint density at radius 2 is 2.06 bits per heavy atom. The molecule has 1 unspecified atom stereocenters. The van der Waals surface area contributed by atoms with Crippen LogP contribution in [0.4, 0.5) is 13.2 Å². The number of alkyl halides is 3. The maximum absolute atomic E-state index is 12.4. The summed E-state index contributed by atoms with van der Waals surface area (Å²) in [6.07, 6.45) is -1.67. The highest BCUT2D eigenvalue weighted by molar-refractivity contribution is 7.79. The SMILES string of the molecule is O=S(O)c1cnn(-c2cc(C(F)(F)F)ncn2)c1.